The second kappa shape index (κ2) is 8.35. The van der Waals surface area contributed by atoms with E-state index in [4.69, 9.17) is 32.7 Å². The summed E-state index contributed by atoms with van der Waals surface area (Å²) in [6.07, 6.45) is 0. The molecule has 0 saturated heterocycles. The third-order valence-electron chi connectivity index (χ3n) is 3.50. The second-order valence-electron chi connectivity index (χ2n) is 5.42. The zero-order valence-corrected chi connectivity index (χ0v) is 15.8. The number of ether oxygens (including phenoxy) is 2. The molecule has 0 saturated carbocycles. The summed E-state index contributed by atoms with van der Waals surface area (Å²) in [5.74, 6) is 1.91. The van der Waals surface area contributed by atoms with Crippen molar-refractivity contribution >= 4 is 34.8 Å². The molecule has 0 aliphatic heterocycles. The van der Waals surface area contributed by atoms with Crippen molar-refractivity contribution in [3.05, 3.63) is 58.1 Å². The van der Waals surface area contributed by atoms with E-state index < -0.39 is 0 Å². The maximum Gasteiger partial charge on any atom is 0.226 e. The monoisotopic (exact) mass is 393 g/mol. The van der Waals surface area contributed by atoms with Crippen molar-refractivity contribution in [1.82, 2.24) is 19.7 Å². The second-order valence-corrected chi connectivity index (χ2v) is 6.19. The van der Waals surface area contributed by atoms with Crippen molar-refractivity contribution in [2.24, 2.45) is 0 Å². The predicted molar refractivity (Wildman–Crippen MR) is 100 cm³/mol. The minimum atomic E-state index is 0.290. The summed E-state index contributed by atoms with van der Waals surface area (Å²) in [5.41, 5.74) is 1.72. The van der Waals surface area contributed by atoms with E-state index in [1.165, 1.54) is 0 Å². The number of nitrogens with zero attached hydrogens (tertiary/aromatic N) is 4. The van der Waals surface area contributed by atoms with E-state index >= 15 is 0 Å². The summed E-state index contributed by atoms with van der Waals surface area (Å²) < 4.78 is 12.1. The van der Waals surface area contributed by atoms with E-state index in [9.17, 15) is 0 Å². The minimum Gasteiger partial charge on any atom is -0.497 e. The van der Waals surface area contributed by atoms with Crippen LogP contribution in [0, 0.1) is 0 Å². The van der Waals surface area contributed by atoms with Crippen LogP contribution in [0.1, 0.15) is 11.4 Å². The normalized spacial score (nSPS) is 10.8. The van der Waals surface area contributed by atoms with Gasteiger partial charge in [-0.15, -0.1) is 0 Å². The SMILES string of the molecule is COCc1nc(Nc2cc(Cl)nc(Cl)c2)n(Cc2ccc(OC)cc2)n1. The lowest BCUT2D eigenvalue weighted by Gasteiger charge is -2.09. The van der Waals surface area contributed by atoms with Crippen LogP contribution in [0.4, 0.5) is 11.6 Å². The molecule has 7 nitrogen and oxygen atoms in total. The molecular weight excluding hydrogens is 377 g/mol. The van der Waals surface area contributed by atoms with Gasteiger partial charge in [0.1, 0.15) is 22.7 Å². The number of halogens is 2. The van der Waals surface area contributed by atoms with Gasteiger partial charge in [-0.3, -0.25) is 0 Å². The number of pyridine rings is 1. The van der Waals surface area contributed by atoms with Crippen LogP contribution in [-0.2, 0) is 17.9 Å². The van der Waals surface area contributed by atoms with Crippen molar-refractivity contribution in [1.29, 1.82) is 0 Å². The molecule has 136 valence electrons. The molecule has 0 fully saturated rings. The van der Waals surface area contributed by atoms with E-state index in [2.05, 4.69) is 20.4 Å². The van der Waals surface area contributed by atoms with Crippen molar-refractivity contribution in [2.75, 3.05) is 19.5 Å². The van der Waals surface area contributed by atoms with Crippen LogP contribution in [-0.4, -0.2) is 34.0 Å². The molecule has 1 aromatic carbocycles. The molecule has 1 N–H and O–H groups in total. The Bertz CT molecular complexity index is 863. The molecule has 0 amide bonds. The van der Waals surface area contributed by atoms with Crippen LogP contribution in [0.5, 0.6) is 5.75 Å². The van der Waals surface area contributed by atoms with Crippen LogP contribution in [0.15, 0.2) is 36.4 Å². The van der Waals surface area contributed by atoms with Gasteiger partial charge < -0.3 is 14.8 Å². The van der Waals surface area contributed by atoms with Crippen LogP contribution in [0.25, 0.3) is 0 Å². The maximum atomic E-state index is 5.96. The van der Waals surface area contributed by atoms with Gasteiger partial charge in [0, 0.05) is 12.8 Å². The molecule has 2 aromatic heterocycles. The molecule has 3 rings (SSSR count). The highest BCUT2D eigenvalue weighted by molar-refractivity contribution is 6.32. The largest absolute Gasteiger partial charge is 0.497 e. The van der Waals surface area contributed by atoms with Crippen LogP contribution in [0.3, 0.4) is 0 Å². The topological polar surface area (TPSA) is 74.1 Å². The van der Waals surface area contributed by atoms with Crippen LogP contribution >= 0.6 is 23.2 Å². The van der Waals surface area contributed by atoms with Gasteiger partial charge in [-0.2, -0.15) is 10.1 Å². The van der Waals surface area contributed by atoms with Crippen LogP contribution in [0.2, 0.25) is 10.3 Å². The highest BCUT2D eigenvalue weighted by Crippen LogP contribution is 2.22. The summed E-state index contributed by atoms with van der Waals surface area (Å²) in [4.78, 5) is 8.40. The number of rotatable bonds is 7. The first kappa shape index (κ1) is 18.4. The zero-order chi connectivity index (χ0) is 18.5. The van der Waals surface area contributed by atoms with Gasteiger partial charge in [-0.25, -0.2) is 9.67 Å². The molecular formula is C17H17Cl2N5O2. The van der Waals surface area contributed by atoms with E-state index in [0.717, 1.165) is 11.3 Å². The first-order chi connectivity index (χ1) is 12.6. The first-order valence-corrected chi connectivity index (χ1v) is 8.48. The number of hydrogen-bond donors (Lipinski definition) is 1. The fraction of sp³-hybridized carbons (Fsp3) is 0.235. The lowest BCUT2D eigenvalue weighted by Crippen LogP contribution is -2.07. The number of nitrogens with one attached hydrogen (secondary N) is 1. The number of aromatic nitrogens is 4. The Hall–Kier alpha value is -2.35. The van der Waals surface area contributed by atoms with Crippen molar-refractivity contribution in [3.63, 3.8) is 0 Å². The predicted octanol–water partition coefficient (Wildman–Crippen LogP) is 3.93. The standard InChI is InChI=1S/C17H17Cl2N5O2/c1-25-10-16-22-17(20-12-7-14(18)21-15(19)8-12)24(23-16)9-11-3-5-13(26-2)6-4-11/h3-8H,9-10H2,1-2H3,(H,20,21,22,23). The van der Waals surface area contributed by atoms with Crippen LogP contribution < -0.4 is 10.1 Å². The number of anilines is 2. The van der Waals surface area contributed by atoms with Gasteiger partial charge in [-0.05, 0) is 29.8 Å². The molecule has 0 bridgehead atoms. The van der Waals surface area contributed by atoms with E-state index in [0.29, 0.717) is 40.9 Å². The lowest BCUT2D eigenvalue weighted by atomic mass is 10.2. The Labute approximate surface area is 160 Å². The Balaban J connectivity index is 1.87. The number of benzene rings is 1. The molecule has 0 spiro atoms. The highest BCUT2D eigenvalue weighted by atomic mass is 35.5. The summed E-state index contributed by atoms with van der Waals surface area (Å²) in [6.45, 7) is 0.831. The Morgan fingerprint density at radius 2 is 1.73 bits per heavy atom. The molecule has 9 heteroatoms. The fourth-order valence-electron chi connectivity index (χ4n) is 2.35. The fourth-order valence-corrected chi connectivity index (χ4v) is 2.81. The quantitative estimate of drug-likeness (QED) is 0.613. The van der Waals surface area contributed by atoms with E-state index in [1.807, 2.05) is 24.3 Å². The summed E-state index contributed by atoms with van der Waals surface area (Å²) >= 11 is 11.9. The average molecular weight is 394 g/mol. The number of hydrogen-bond acceptors (Lipinski definition) is 6. The van der Waals surface area contributed by atoms with Gasteiger partial charge >= 0.3 is 0 Å². The Morgan fingerprint density at radius 1 is 1.04 bits per heavy atom. The molecule has 0 aliphatic carbocycles. The zero-order valence-electron chi connectivity index (χ0n) is 14.2. The molecule has 26 heavy (non-hydrogen) atoms. The molecule has 0 unspecified atom stereocenters. The van der Waals surface area contributed by atoms with Gasteiger partial charge in [-0.1, -0.05) is 35.3 Å². The third-order valence-corrected chi connectivity index (χ3v) is 3.89. The molecule has 0 atom stereocenters. The average Bonchev–Trinajstić information content (AvgIpc) is 2.96. The summed E-state index contributed by atoms with van der Waals surface area (Å²) in [5, 5.41) is 8.24. The third kappa shape index (κ3) is 4.63. The van der Waals surface area contributed by atoms with Gasteiger partial charge in [0.25, 0.3) is 0 Å². The smallest absolute Gasteiger partial charge is 0.226 e. The summed E-state index contributed by atoms with van der Waals surface area (Å²) in [7, 11) is 3.23. The maximum absolute atomic E-state index is 5.96. The lowest BCUT2D eigenvalue weighted by molar-refractivity contribution is 0.177. The van der Waals surface area contributed by atoms with Gasteiger partial charge in [0.15, 0.2) is 5.82 Å². The van der Waals surface area contributed by atoms with Crippen molar-refractivity contribution < 1.29 is 9.47 Å². The first-order valence-electron chi connectivity index (χ1n) is 7.73. The molecule has 0 radical (unpaired) electrons. The molecule has 0 aliphatic rings. The number of methoxy groups -OCH3 is 2. The molecule has 2 heterocycles. The van der Waals surface area contributed by atoms with Crippen molar-refractivity contribution in [3.8, 4) is 5.75 Å². The van der Waals surface area contributed by atoms with E-state index in [-0.39, 0.29) is 0 Å². The minimum absolute atomic E-state index is 0.290. The van der Waals surface area contributed by atoms with Crippen molar-refractivity contribution in [2.45, 2.75) is 13.2 Å². The summed E-state index contributed by atoms with van der Waals surface area (Å²) in [6, 6.07) is 11.1. The Morgan fingerprint density at radius 3 is 2.35 bits per heavy atom. The van der Waals surface area contributed by atoms with Gasteiger partial charge in [0.2, 0.25) is 5.95 Å². The highest BCUT2D eigenvalue weighted by Gasteiger charge is 2.12. The van der Waals surface area contributed by atoms with E-state index in [1.54, 1.807) is 31.0 Å². The molecule has 3 aromatic rings. The Kier molecular flexibility index (Phi) is 5.92. The van der Waals surface area contributed by atoms with Gasteiger partial charge in [0.05, 0.1) is 13.7 Å².